The number of hydrogen-bond acceptors (Lipinski definition) is 5. The van der Waals surface area contributed by atoms with Crippen molar-refractivity contribution in [2.45, 2.75) is 52.3 Å². The standard InChI is InChI=1S/C18H25N5O3/c1-13(10-23-12-19-11-20-23)21-16(24)9-14-5-7-15(8-6-14)22-17(25)26-18(2,3)4/h5-8,11-13H,9-10H2,1-4H3,(H,21,24)(H,22,25). The molecule has 0 aliphatic rings. The predicted molar refractivity (Wildman–Crippen MR) is 97.6 cm³/mol. The Bertz CT molecular complexity index is 720. The van der Waals surface area contributed by atoms with Crippen molar-refractivity contribution in [3.05, 3.63) is 42.5 Å². The van der Waals surface area contributed by atoms with E-state index in [2.05, 4.69) is 20.7 Å². The molecule has 8 nitrogen and oxygen atoms in total. The summed E-state index contributed by atoms with van der Waals surface area (Å²) >= 11 is 0. The van der Waals surface area contributed by atoms with Crippen LogP contribution in [-0.2, 0) is 22.5 Å². The first kappa shape index (κ1) is 19.4. The monoisotopic (exact) mass is 359 g/mol. The van der Waals surface area contributed by atoms with E-state index in [1.165, 1.54) is 6.33 Å². The molecule has 0 aliphatic heterocycles. The van der Waals surface area contributed by atoms with Gasteiger partial charge in [0.1, 0.15) is 18.3 Å². The van der Waals surface area contributed by atoms with Crippen molar-refractivity contribution < 1.29 is 14.3 Å². The van der Waals surface area contributed by atoms with Gasteiger partial charge in [0.05, 0.1) is 13.0 Å². The SMILES string of the molecule is CC(Cn1cncn1)NC(=O)Cc1ccc(NC(=O)OC(C)(C)C)cc1. The topological polar surface area (TPSA) is 98.1 Å². The molecule has 2 rings (SSSR count). The molecule has 1 atom stereocenters. The first-order valence-corrected chi connectivity index (χ1v) is 8.42. The van der Waals surface area contributed by atoms with Crippen LogP contribution in [0, 0.1) is 0 Å². The maximum Gasteiger partial charge on any atom is 0.412 e. The fraction of sp³-hybridized carbons (Fsp3) is 0.444. The molecular formula is C18H25N5O3. The van der Waals surface area contributed by atoms with Gasteiger partial charge < -0.3 is 10.1 Å². The average Bonchev–Trinajstić information content (AvgIpc) is 2.99. The van der Waals surface area contributed by atoms with Crippen molar-refractivity contribution in [1.82, 2.24) is 20.1 Å². The number of amides is 2. The number of anilines is 1. The van der Waals surface area contributed by atoms with Crippen molar-refractivity contribution in [3.63, 3.8) is 0 Å². The normalized spacial score (nSPS) is 12.3. The van der Waals surface area contributed by atoms with Gasteiger partial charge in [-0.05, 0) is 45.4 Å². The molecule has 1 heterocycles. The van der Waals surface area contributed by atoms with E-state index < -0.39 is 11.7 Å². The Labute approximate surface area is 153 Å². The largest absolute Gasteiger partial charge is 0.444 e. The third-order valence-electron chi connectivity index (χ3n) is 3.30. The summed E-state index contributed by atoms with van der Waals surface area (Å²) in [5.41, 5.74) is 0.915. The summed E-state index contributed by atoms with van der Waals surface area (Å²) in [6.45, 7) is 7.88. The van der Waals surface area contributed by atoms with Gasteiger partial charge in [-0.1, -0.05) is 12.1 Å². The molecule has 0 fully saturated rings. The Kier molecular flexibility index (Phi) is 6.32. The maximum absolute atomic E-state index is 12.1. The highest BCUT2D eigenvalue weighted by atomic mass is 16.6. The van der Waals surface area contributed by atoms with Crippen LogP contribution in [0.3, 0.4) is 0 Å². The molecule has 2 N–H and O–H groups in total. The van der Waals surface area contributed by atoms with Crippen LogP contribution in [-0.4, -0.2) is 38.4 Å². The van der Waals surface area contributed by atoms with Crippen LogP contribution in [0.1, 0.15) is 33.3 Å². The molecule has 2 amide bonds. The van der Waals surface area contributed by atoms with Gasteiger partial charge in [-0.3, -0.25) is 14.8 Å². The van der Waals surface area contributed by atoms with Crippen LogP contribution < -0.4 is 10.6 Å². The van der Waals surface area contributed by atoms with Gasteiger partial charge in [-0.25, -0.2) is 9.78 Å². The molecule has 0 radical (unpaired) electrons. The summed E-state index contributed by atoms with van der Waals surface area (Å²) in [7, 11) is 0. The van der Waals surface area contributed by atoms with Crippen LogP contribution in [0.2, 0.25) is 0 Å². The third kappa shape index (κ3) is 6.92. The second-order valence-electron chi connectivity index (χ2n) is 7.09. The van der Waals surface area contributed by atoms with Gasteiger partial charge in [0, 0.05) is 11.7 Å². The maximum atomic E-state index is 12.1. The summed E-state index contributed by atoms with van der Waals surface area (Å²) in [5.74, 6) is -0.0783. The minimum atomic E-state index is -0.551. The highest BCUT2D eigenvalue weighted by molar-refractivity contribution is 5.85. The fourth-order valence-corrected chi connectivity index (χ4v) is 2.29. The van der Waals surface area contributed by atoms with Gasteiger partial charge >= 0.3 is 6.09 Å². The number of rotatable bonds is 6. The van der Waals surface area contributed by atoms with Gasteiger partial charge in [0.25, 0.3) is 0 Å². The molecule has 0 aliphatic carbocycles. The number of aromatic nitrogens is 3. The highest BCUT2D eigenvalue weighted by Gasteiger charge is 2.16. The zero-order chi connectivity index (χ0) is 19.2. The molecule has 0 bridgehead atoms. The number of nitrogens with one attached hydrogen (secondary N) is 2. The summed E-state index contributed by atoms with van der Waals surface area (Å²) in [6, 6.07) is 7.02. The van der Waals surface area contributed by atoms with Gasteiger partial charge in [-0.15, -0.1) is 0 Å². The van der Waals surface area contributed by atoms with Gasteiger partial charge in [0.15, 0.2) is 0 Å². The Hall–Kier alpha value is -2.90. The first-order valence-electron chi connectivity index (χ1n) is 8.42. The third-order valence-corrected chi connectivity index (χ3v) is 3.30. The van der Waals surface area contributed by atoms with E-state index in [0.717, 1.165) is 5.56 Å². The van der Waals surface area contributed by atoms with Gasteiger partial charge in [0.2, 0.25) is 5.91 Å². The number of benzene rings is 1. The number of ether oxygens (including phenoxy) is 1. The molecule has 2 aromatic rings. The van der Waals surface area contributed by atoms with Crippen LogP contribution in [0.15, 0.2) is 36.9 Å². The van der Waals surface area contributed by atoms with Crippen molar-refractivity contribution >= 4 is 17.7 Å². The Morgan fingerprint density at radius 3 is 2.50 bits per heavy atom. The van der Waals surface area contributed by atoms with Crippen molar-refractivity contribution in [2.75, 3.05) is 5.32 Å². The Morgan fingerprint density at radius 1 is 1.23 bits per heavy atom. The zero-order valence-corrected chi connectivity index (χ0v) is 15.5. The average molecular weight is 359 g/mol. The molecule has 1 aromatic heterocycles. The number of nitrogens with zero attached hydrogens (tertiary/aromatic N) is 3. The Morgan fingerprint density at radius 2 is 1.92 bits per heavy atom. The molecule has 26 heavy (non-hydrogen) atoms. The van der Waals surface area contributed by atoms with E-state index >= 15 is 0 Å². The molecule has 140 valence electrons. The minimum absolute atomic E-state index is 0.0580. The quantitative estimate of drug-likeness (QED) is 0.825. The minimum Gasteiger partial charge on any atom is -0.444 e. The number of carbonyl (C=O) groups excluding carboxylic acids is 2. The molecule has 0 spiro atoms. The van der Waals surface area contributed by atoms with E-state index in [9.17, 15) is 9.59 Å². The smallest absolute Gasteiger partial charge is 0.412 e. The second kappa shape index (κ2) is 8.46. The second-order valence-corrected chi connectivity index (χ2v) is 7.09. The Balaban J connectivity index is 1.80. The van der Waals surface area contributed by atoms with E-state index in [1.54, 1.807) is 56.0 Å². The molecular weight excluding hydrogens is 334 g/mol. The van der Waals surface area contributed by atoms with E-state index in [-0.39, 0.29) is 18.4 Å². The van der Waals surface area contributed by atoms with Crippen LogP contribution in [0.4, 0.5) is 10.5 Å². The summed E-state index contributed by atoms with van der Waals surface area (Å²) in [6.07, 6.45) is 2.82. The lowest BCUT2D eigenvalue weighted by Gasteiger charge is -2.19. The molecule has 1 unspecified atom stereocenters. The zero-order valence-electron chi connectivity index (χ0n) is 15.5. The van der Waals surface area contributed by atoms with Crippen LogP contribution in [0.5, 0.6) is 0 Å². The molecule has 0 saturated carbocycles. The number of carbonyl (C=O) groups is 2. The molecule has 1 aromatic carbocycles. The summed E-state index contributed by atoms with van der Waals surface area (Å²) in [4.78, 5) is 27.7. The lowest BCUT2D eigenvalue weighted by atomic mass is 10.1. The van der Waals surface area contributed by atoms with Crippen molar-refractivity contribution in [1.29, 1.82) is 0 Å². The fourth-order valence-electron chi connectivity index (χ4n) is 2.29. The lowest BCUT2D eigenvalue weighted by Crippen LogP contribution is -2.36. The van der Waals surface area contributed by atoms with Crippen molar-refractivity contribution in [3.8, 4) is 0 Å². The summed E-state index contributed by atoms with van der Waals surface area (Å²) < 4.78 is 6.87. The lowest BCUT2D eigenvalue weighted by molar-refractivity contribution is -0.121. The van der Waals surface area contributed by atoms with Crippen LogP contribution >= 0.6 is 0 Å². The number of hydrogen-bond donors (Lipinski definition) is 2. The van der Waals surface area contributed by atoms with Crippen LogP contribution in [0.25, 0.3) is 0 Å². The summed E-state index contributed by atoms with van der Waals surface area (Å²) in [5, 5.41) is 9.59. The van der Waals surface area contributed by atoms with E-state index in [1.807, 2.05) is 6.92 Å². The predicted octanol–water partition coefficient (Wildman–Crippen LogP) is 2.37. The van der Waals surface area contributed by atoms with Gasteiger partial charge in [-0.2, -0.15) is 5.10 Å². The van der Waals surface area contributed by atoms with E-state index in [4.69, 9.17) is 4.74 Å². The molecule has 0 saturated heterocycles. The van der Waals surface area contributed by atoms with E-state index in [0.29, 0.717) is 12.2 Å². The molecule has 8 heteroatoms. The first-order chi connectivity index (χ1) is 12.2. The van der Waals surface area contributed by atoms with Crippen molar-refractivity contribution in [2.24, 2.45) is 0 Å². The highest BCUT2D eigenvalue weighted by Crippen LogP contribution is 2.13.